The zero-order chi connectivity index (χ0) is 10.4. The number of hydrogen-bond acceptors (Lipinski definition) is 2. The van der Waals surface area contributed by atoms with E-state index in [9.17, 15) is 0 Å². The Morgan fingerprint density at radius 1 is 1.43 bits per heavy atom. The molecule has 0 radical (unpaired) electrons. The molecule has 1 unspecified atom stereocenters. The molecule has 1 rings (SSSR count). The highest BCUT2D eigenvalue weighted by Crippen LogP contribution is 2.17. The predicted molar refractivity (Wildman–Crippen MR) is 64.1 cm³/mol. The maximum atomic E-state index is 5.72. The van der Waals surface area contributed by atoms with Crippen molar-refractivity contribution in [3.63, 3.8) is 0 Å². The summed E-state index contributed by atoms with van der Waals surface area (Å²) in [5.41, 5.74) is 0. The normalized spacial score (nSPS) is 22.5. The molecule has 2 nitrogen and oxygen atoms in total. The van der Waals surface area contributed by atoms with Gasteiger partial charge in [0, 0.05) is 24.5 Å². The number of likely N-dealkylation sites (tertiary alicyclic amines) is 1. The minimum atomic E-state index is 0.507. The van der Waals surface area contributed by atoms with Crippen LogP contribution < -0.4 is 0 Å². The monoisotopic (exact) mass is 263 g/mol. The fourth-order valence-electron chi connectivity index (χ4n) is 1.95. The van der Waals surface area contributed by atoms with Gasteiger partial charge in [0.25, 0.3) is 0 Å². The van der Waals surface area contributed by atoms with Crippen LogP contribution in [0.1, 0.15) is 33.1 Å². The van der Waals surface area contributed by atoms with Crippen molar-refractivity contribution in [2.75, 3.05) is 25.0 Å². The second-order valence-electron chi connectivity index (χ2n) is 4.05. The molecule has 1 aliphatic rings. The van der Waals surface area contributed by atoms with E-state index in [-0.39, 0.29) is 0 Å². The molecule has 0 aromatic rings. The first kappa shape index (κ1) is 12.5. The fourth-order valence-corrected chi connectivity index (χ4v) is 2.14. The number of ether oxygens (including phenoxy) is 1. The second kappa shape index (κ2) is 6.81. The largest absolute Gasteiger partial charge is 0.377 e. The first-order chi connectivity index (χ1) is 6.77. The summed E-state index contributed by atoms with van der Waals surface area (Å²) in [6.45, 7) is 7.86. The van der Waals surface area contributed by atoms with E-state index in [0.717, 1.165) is 18.0 Å². The molecule has 1 saturated heterocycles. The van der Waals surface area contributed by atoms with Gasteiger partial charge in [0.05, 0.1) is 12.7 Å². The topological polar surface area (TPSA) is 12.5 Å². The van der Waals surface area contributed by atoms with E-state index in [1.807, 2.05) is 0 Å². The summed E-state index contributed by atoms with van der Waals surface area (Å²) in [5.74, 6) is 0. The van der Waals surface area contributed by atoms with Crippen LogP contribution in [0.3, 0.4) is 0 Å². The van der Waals surface area contributed by atoms with E-state index in [4.69, 9.17) is 4.74 Å². The Balaban J connectivity index is 2.17. The average molecular weight is 264 g/mol. The van der Waals surface area contributed by atoms with Crippen molar-refractivity contribution in [2.24, 2.45) is 0 Å². The summed E-state index contributed by atoms with van der Waals surface area (Å²) in [6, 6.07) is 0.743. The first-order valence-electron chi connectivity index (χ1n) is 5.69. The molecule has 0 aromatic carbocycles. The molecular formula is C11H22BrNO. The maximum Gasteiger partial charge on any atom is 0.0599 e. The van der Waals surface area contributed by atoms with Crippen molar-refractivity contribution in [2.45, 2.75) is 45.3 Å². The van der Waals surface area contributed by atoms with Crippen LogP contribution >= 0.6 is 15.9 Å². The lowest BCUT2D eigenvalue weighted by Gasteiger charge is -2.35. The van der Waals surface area contributed by atoms with Crippen molar-refractivity contribution in [3.8, 4) is 0 Å². The third-order valence-electron chi connectivity index (χ3n) is 3.12. The van der Waals surface area contributed by atoms with E-state index >= 15 is 0 Å². The number of halogens is 1. The fraction of sp³-hybridized carbons (Fsp3) is 1.00. The number of rotatable bonds is 5. The van der Waals surface area contributed by atoms with Crippen molar-refractivity contribution >= 4 is 15.9 Å². The highest BCUT2D eigenvalue weighted by atomic mass is 79.9. The highest BCUT2D eigenvalue weighted by Gasteiger charge is 2.21. The summed E-state index contributed by atoms with van der Waals surface area (Å²) < 4.78 is 5.72. The van der Waals surface area contributed by atoms with E-state index in [1.165, 1.54) is 32.4 Å². The van der Waals surface area contributed by atoms with Crippen molar-refractivity contribution in [3.05, 3.63) is 0 Å². The summed E-state index contributed by atoms with van der Waals surface area (Å²) in [4.78, 5) is 2.58. The standard InChI is InChI=1S/C11H22BrNO/c1-3-10(2)13-7-4-11(5-8-13)14-9-6-12/h10-11H,3-9H2,1-2H3. The average Bonchev–Trinajstić information content (AvgIpc) is 2.26. The quantitative estimate of drug-likeness (QED) is 0.708. The minimum Gasteiger partial charge on any atom is -0.377 e. The molecular weight excluding hydrogens is 242 g/mol. The van der Waals surface area contributed by atoms with Crippen LogP contribution in [-0.2, 0) is 4.74 Å². The van der Waals surface area contributed by atoms with Gasteiger partial charge in [0.1, 0.15) is 0 Å². The maximum absolute atomic E-state index is 5.72. The Labute approximate surface area is 96.1 Å². The van der Waals surface area contributed by atoms with Crippen LogP contribution in [0.5, 0.6) is 0 Å². The third-order valence-corrected chi connectivity index (χ3v) is 3.45. The molecule has 0 amide bonds. The zero-order valence-corrected chi connectivity index (χ0v) is 10.9. The Hall–Kier alpha value is 0.400. The molecule has 14 heavy (non-hydrogen) atoms. The lowest BCUT2D eigenvalue weighted by atomic mass is 10.1. The molecule has 1 aliphatic heterocycles. The highest BCUT2D eigenvalue weighted by molar-refractivity contribution is 9.09. The van der Waals surface area contributed by atoms with Gasteiger partial charge in [-0.25, -0.2) is 0 Å². The zero-order valence-electron chi connectivity index (χ0n) is 9.34. The van der Waals surface area contributed by atoms with Gasteiger partial charge in [-0.3, -0.25) is 0 Å². The van der Waals surface area contributed by atoms with Crippen LogP contribution in [-0.4, -0.2) is 42.1 Å². The predicted octanol–water partition coefficient (Wildman–Crippen LogP) is 2.66. The molecule has 0 saturated carbocycles. The van der Waals surface area contributed by atoms with Crippen LogP contribution in [0.25, 0.3) is 0 Å². The van der Waals surface area contributed by atoms with Crippen LogP contribution in [0.4, 0.5) is 0 Å². The van der Waals surface area contributed by atoms with E-state index in [2.05, 4.69) is 34.7 Å². The molecule has 1 heterocycles. The van der Waals surface area contributed by atoms with Gasteiger partial charge < -0.3 is 9.64 Å². The molecule has 0 aliphatic carbocycles. The van der Waals surface area contributed by atoms with Crippen molar-refractivity contribution in [1.29, 1.82) is 0 Å². The van der Waals surface area contributed by atoms with Crippen molar-refractivity contribution in [1.82, 2.24) is 4.90 Å². The van der Waals surface area contributed by atoms with Gasteiger partial charge in [-0.05, 0) is 26.2 Å². The lowest BCUT2D eigenvalue weighted by Crippen LogP contribution is -2.42. The van der Waals surface area contributed by atoms with Crippen molar-refractivity contribution < 1.29 is 4.74 Å². The summed E-state index contributed by atoms with van der Waals surface area (Å²) in [7, 11) is 0. The van der Waals surface area contributed by atoms with Crippen LogP contribution in [0, 0.1) is 0 Å². The Morgan fingerprint density at radius 2 is 2.07 bits per heavy atom. The van der Waals surface area contributed by atoms with E-state index in [0.29, 0.717) is 6.10 Å². The van der Waals surface area contributed by atoms with Gasteiger partial charge in [-0.2, -0.15) is 0 Å². The summed E-state index contributed by atoms with van der Waals surface area (Å²) >= 11 is 3.39. The molecule has 0 spiro atoms. The molecule has 0 bridgehead atoms. The van der Waals surface area contributed by atoms with Gasteiger partial charge in [-0.1, -0.05) is 22.9 Å². The van der Waals surface area contributed by atoms with Gasteiger partial charge in [0.2, 0.25) is 0 Å². The molecule has 1 atom stereocenters. The smallest absolute Gasteiger partial charge is 0.0599 e. The number of nitrogens with zero attached hydrogens (tertiary/aromatic N) is 1. The molecule has 0 N–H and O–H groups in total. The number of piperidine rings is 1. The van der Waals surface area contributed by atoms with E-state index < -0.39 is 0 Å². The van der Waals surface area contributed by atoms with Crippen LogP contribution in [0.2, 0.25) is 0 Å². The number of hydrogen-bond donors (Lipinski definition) is 0. The minimum absolute atomic E-state index is 0.507. The SMILES string of the molecule is CCC(C)N1CCC(OCCBr)CC1. The number of alkyl halides is 1. The van der Waals surface area contributed by atoms with Crippen LogP contribution in [0.15, 0.2) is 0 Å². The molecule has 84 valence electrons. The Bertz CT molecular complexity index is 146. The second-order valence-corrected chi connectivity index (χ2v) is 4.85. The Morgan fingerprint density at radius 3 is 2.57 bits per heavy atom. The first-order valence-corrected chi connectivity index (χ1v) is 6.81. The van der Waals surface area contributed by atoms with E-state index in [1.54, 1.807) is 0 Å². The molecule has 3 heteroatoms. The summed E-state index contributed by atoms with van der Waals surface area (Å²) in [6.07, 6.45) is 4.18. The summed E-state index contributed by atoms with van der Waals surface area (Å²) in [5, 5.41) is 0.957. The van der Waals surface area contributed by atoms with Gasteiger partial charge >= 0.3 is 0 Å². The molecule has 0 aromatic heterocycles. The van der Waals surface area contributed by atoms with Gasteiger partial charge in [-0.15, -0.1) is 0 Å². The van der Waals surface area contributed by atoms with Gasteiger partial charge in [0.15, 0.2) is 0 Å². The lowest BCUT2D eigenvalue weighted by molar-refractivity contribution is 0.00697. The third kappa shape index (κ3) is 3.87. The molecule has 1 fully saturated rings. The Kier molecular flexibility index (Phi) is 6.06.